The summed E-state index contributed by atoms with van der Waals surface area (Å²) in [5.41, 5.74) is 2.20. The molecule has 2 nitrogen and oxygen atoms in total. The van der Waals surface area contributed by atoms with Gasteiger partial charge in [0.1, 0.15) is 0 Å². The predicted molar refractivity (Wildman–Crippen MR) is 64.0 cm³/mol. The van der Waals surface area contributed by atoms with E-state index < -0.39 is 0 Å². The SMILES string of the molecule is CC1=C2CC(C(C)C)CC(O)C2CCC1=O. The molecule has 0 aromatic heterocycles. The summed E-state index contributed by atoms with van der Waals surface area (Å²) in [6.45, 7) is 6.36. The van der Waals surface area contributed by atoms with Crippen LogP contribution in [0.3, 0.4) is 0 Å². The van der Waals surface area contributed by atoms with Gasteiger partial charge >= 0.3 is 0 Å². The Kier molecular flexibility index (Phi) is 3.20. The van der Waals surface area contributed by atoms with Gasteiger partial charge in [-0.15, -0.1) is 0 Å². The second-order valence-corrected chi connectivity index (χ2v) is 5.73. The van der Waals surface area contributed by atoms with E-state index in [0.29, 0.717) is 24.0 Å². The molecule has 0 aromatic carbocycles. The van der Waals surface area contributed by atoms with E-state index in [1.807, 2.05) is 6.92 Å². The van der Waals surface area contributed by atoms with Crippen LogP contribution in [0.4, 0.5) is 0 Å². The van der Waals surface area contributed by atoms with E-state index >= 15 is 0 Å². The first-order valence-electron chi connectivity index (χ1n) is 6.41. The number of allylic oxidation sites excluding steroid dienone is 1. The molecule has 1 saturated carbocycles. The van der Waals surface area contributed by atoms with Gasteiger partial charge in [0, 0.05) is 12.3 Å². The van der Waals surface area contributed by atoms with Crippen LogP contribution in [-0.2, 0) is 4.79 Å². The highest BCUT2D eigenvalue weighted by Gasteiger charge is 2.38. The van der Waals surface area contributed by atoms with Gasteiger partial charge < -0.3 is 5.11 Å². The summed E-state index contributed by atoms with van der Waals surface area (Å²) in [6, 6.07) is 0. The van der Waals surface area contributed by atoms with Crippen molar-refractivity contribution in [2.45, 2.75) is 52.6 Å². The maximum atomic E-state index is 11.7. The Bertz CT molecular complexity index is 328. The molecule has 2 rings (SSSR count). The maximum absolute atomic E-state index is 11.7. The average molecular weight is 222 g/mol. The van der Waals surface area contributed by atoms with Crippen molar-refractivity contribution in [2.24, 2.45) is 17.8 Å². The molecular formula is C14H22O2. The van der Waals surface area contributed by atoms with Gasteiger partial charge in [-0.3, -0.25) is 4.79 Å². The normalized spacial score (nSPS) is 35.6. The molecule has 3 unspecified atom stereocenters. The summed E-state index contributed by atoms with van der Waals surface area (Å²) in [5, 5.41) is 10.2. The molecule has 1 fully saturated rings. The molecule has 0 aromatic rings. The molecule has 16 heavy (non-hydrogen) atoms. The van der Waals surface area contributed by atoms with Crippen LogP contribution in [0.1, 0.15) is 46.5 Å². The van der Waals surface area contributed by atoms with Gasteiger partial charge in [-0.05, 0) is 43.6 Å². The zero-order chi connectivity index (χ0) is 11.9. The van der Waals surface area contributed by atoms with Gasteiger partial charge in [-0.1, -0.05) is 19.4 Å². The third kappa shape index (κ3) is 1.95. The van der Waals surface area contributed by atoms with E-state index in [2.05, 4.69) is 13.8 Å². The highest BCUT2D eigenvalue weighted by molar-refractivity contribution is 5.96. The van der Waals surface area contributed by atoms with Crippen LogP contribution in [0.2, 0.25) is 0 Å². The van der Waals surface area contributed by atoms with E-state index in [1.165, 1.54) is 5.57 Å². The number of carbonyl (C=O) groups excluding carboxylic acids is 1. The number of ketones is 1. The molecule has 1 N–H and O–H groups in total. The Morgan fingerprint density at radius 2 is 2.06 bits per heavy atom. The van der Waals surface area contributed by atoms with E-state index in [-0.39, 0.29) is 12.0 Å². The number of rotatable bonds is 1. The Labute approximate surface area is 97.7 Å². The fraction of sp³-hybridized carbons (Fsp3) is 0.786. The monoisotopic (exact) mass is 222 g/mol. The van der Waals surface area contributed by atoms with E-state index in [0.717, 1.165) is 24.8 Å². The highest BCUT2D eigenvalue weighted by atomic mass is 16.3. The van der Waals surface area contributed by atoms with Crippen LogP contribution in [0, 0.1) is 17.8 Å². The Hall–Kier alpha value is -0.630. The average Bonchev–Trinajstić information content (AvgIpc) is 2.23. The molecule has 0 amide bonds. The van der Waals surface area contributed by atoms with Crippen LogP contribution in [-0.4, -0.2) is 17.0 Å². The number of hydrogen-bond donors (Lipinski definition) is 1. The summed E-state index contributed by atoms with van der Waals surface area (Å²) < 4.78 is 0. The molecule has 2 heteroatoms. The molecule has 3 atom stereocenters. The summed E-state index contributed by atoms with van der Waals surface area (Å²) in [6.07, 6.45) is 3.20. The van der Waals surface area contributed by atoms with Crippen LogP contribution >= 0.6 is 0 Å². The van der Waals surface area contributed by atoms with E-state index in [1.54, 1.807) is 0 Å². The minimum Gasteiger partial charge on any atom is -0.392 e. The van der Waals surface area contributed by atoms with Crippen LogP contribution in [0.15, 0.2) is 11.1 Å². The van der Waals surface area contributed by atoms with Gasteiger partial charge in [-0.25, -0.2) is 0 Å². The minimum absolute atomic E-state index is 0.223. The summed E-state index contributed by atoms with van der Waals surface area (Å²) in [7, 11) is 0. The van der Waals surface area contributed by atoms with Crippen molar-refractivity contribution in [1.82, 2.24) is 0 Å². The van der Waals surface area contributed by atoms with Crippen molar-refractivity contribution < 1.29 is 9.90 Å². The smallest absolute Gasteiger partial charge is 0.158 e. The third-order valence-electron chi connectivity index (χ3n) is 4.46. The van der Waals surface area contributed by atoms with Gasteiger partial charge in [-0.2, -0.15) is 0 Å². The number of fused-ring (bicyclic) bond motifs is 1. The molecule has 0 radical (unpaired) electrons. The minimum atomic E-state index is -0.223. The Morgan fingerprint density at radius 3 is 2.69 bits per heavy atom. The lowest BCUT2D eigenvalue weighted by Crippen LogP contribution is -2.36. The van der Waals surface area contributed by atoms with Crippen molar-refractivity contribution in [3.63, 3.8) is 0 Å². The van der Waals surface area contributed by atoms with Gasteiger partial charge in [0.15, 0.2) is 5.78 Å². The molecule has 0 saturated heterocycles. The largest absolute Gasteiger partial charge is 0.392 e. The van der Waals surface area contributed by atoms with Crippen LogP contribution < -0.4 is 0 Å². The molecule has 2 aliphatic rings. The fourth-order valence-electron chi connectivity index (χ4n) is 3.18. The molecule has 0 heterocycles. The van der Waals surface area contributed by atoms with E-state index in [4.69, 9.17) is 0 Å². The van der Waals surface area contributed by atoms with Crippen molar-refractivity contribution in [3.8, 4) is 0 Å². The molecule has 90 valence electrons. The molecule has 0 spiro atoms. The van der Waals surface area contributed by atoms with Gasteiger partial charge in [0.2, 0.25) is 0 Å². The number of carbonyl (C=O) groups is 1. The first-order valence-corrected chi connectivity index (χ1v) is 6.41. The van der Waals surface area contributed by atoms with Crippen LogP contribution in [0.5, 0.6) is 0 Å². The number of hydrogen-bond acceptors (Lipinski definition) is 2. The lowest BCUT2D eigenvalue weighted by atomic mass is 9.67. The first-order chi connectivity index (χ1) is 7.50. The summed E-state index contributed by atoms with van der Waals surface area (Å²) in [4.78, 5) is 11.7. The van der Waals surface area contributed by atoms with E-state index in [9.17, 15) is 9.90 Å². The quantitative estimate of drug-likeness (QED) is 0.740. The topological polar surface area (TPSA) is 37.3 Å². The second-order valence-electron chi connectivity index (χ2n) is 5.73. The zero-order valence-electron chi connectivity index (χ0n) is 10.5. The van der Waals surface area contributed by atoms with Crippen molar-refractivity contribution >= 4 is 5.78 Å². The Balaban J connectivity index is 2.28. The highest BCUT2D eigenvalue weighted by Crippen LogP contribution is 2.43. The molecular weight excluding hydrogens is 200 g/mol. The standard InChI is InChI=1S/C14H22O2/c1-8(2)10-6-12-9(3)13(15)5-4-11(12)14(16)7-10/h8,10-11,14,16H,4-7H2,1-3H3. The molecule has 2 aliphatic carbocycles. The van der Waals surface area contributed by atoms with Crippen LogP contribution in [0.25, 0.3) is 0 Å². The second kappa shape index (κ2) is 4.33. The summed E-state index contributed by atoms with van der Waals surface area (Å²) >= 11 is 0. The van der Waals surface area contributed by atoms with Crippen molar-refractivity contribution in [2.75, 3.05) is 0 Å². The first kappa shape index (κ1) is 11.8. The van der Waals surface area contributed by atoms with Crippen molar-refractivity contribution in [1.29, 1.82) is 0 Å². The maximum Gasteiger partial charge on any atom is 0.158 e. The lowest BCUT2D eigenvalue weighted by Gasteiger charge is -2.40. The molecule has 0 aliphatic heterocycles. The number of Topliss-reactive ketones (excluding diaryl/α,β-unsaturated/α-hetero) is 1. The zero-order valence-corrected chi connectivity index (χ0v) is 10.5. The number of aliphatic hydroxyl groups is 1. The summed E-state index contributed by atoms with van der Waals surface area (Å²) in [5.74, 6) is 1.70. The predicted octanol–water partition coefficient (Wildman–Crippen LogP) is 2.71. The van der Waals surface area contributed by atoms with Gasteiger partial charge in [0.25, 0.3) is 0 Å². The molecule has 0 bridgehead atoms. The third-order valence-corrected chi connectivity index (χ3v) is 4.46. The van der Waals surface area contributed by atoms with Crippen molar-refractivity contribution in [3.05, 3.63) is 11.1 Å². The number of aliphatic hydroxyl groups excluding tert-OH is 1. The fourth-order valence-corrected chi connectivity index (χ4v) is 3.18. The van der Waals surface area contributed by atoms with Gasteiger partial charge in [0.05, 0.1) is 6.10 Å². The Morgan fingerprint density at radius 1 is 1.38 bits per heavy atom. The lowest BCUT2D eigenvalue weighted by molar-refractivity contribution is -0.116.